The van der Waals surface area contributed by atoms with Crippen molar-refractivity contribution in [1.29, 1.82) is 0 Å². The highest BCUT2D eigenvalue weighted by molar-refractivity contribution is 6.27. The molecule has 0 spiro atoms. The fraction of sp³-hybridized carbons (Fsp3) is 0.333. The van der Waals surface area contributed by atoms with Gasteiger partial charge in [0.1, 0.15) is 5.88 Å². The van der Waals surface area contributed by atoms with Crippen LogP contribution in [0.15, 0.2) is 30.3 Å². The molecule has 1 aromatic carbocycles. The van der Waals surface area contributed by atoms with Crippen molar-refractivity contribution in [2.24, 2.45) is 0 Å². The molecule has 0 aliphatic carbocycles. The molecule has 5 heteroatoms. The molecular formula is C12H14ClNO3. The number of alkyl halides is 1. The summed E-state index contributed by atoms with van der Waals surface area (Å²) >= 11 is 5.40. The fourth-order valence-corrected chi connectivity index (χ4v) is 1.43. The van der Waals surface area contributed by atoms with Crippen molar-refractivity contribution in [3.05, 3.63) is 35.9 Å². The Morgan fingerprint density at radius 2 is 2.00 bits per heavy atom. The maximum Gasteiger partial charge on any atom is 0.333 e. The summed E-state index contributed by atoms with van der Waals surface area (Å²) in [5.41, 5.74) is 0.671. The summed E-state index contributed by atoms with van der Waals surface area (Å²) in [6, 6.07) is 8.09. The number of rotatable bonds is 5. The maximum atomic E-state index is 11.7. The van der Waals surface area contributed by atoms with Crippen LogP contribution in [0.5, 0.6) is 0 Å². The van der Waals surface area contributed by atoms with E-state index < -0.39 is 17.9 Å². The van der Waals surface area contributed by atoms with E-state index in [9.17, 15) is 9.59 Å². The van der Waals surface area contributed by atoms with Crippen LogP contribution in [0.2, 0.25) is 0 Å². The van der Waals surface area contributed by atoms with E-state index in [-0.39, 0.29) is 12.5 Å². The predicted octanol–water partition coefficient (Wildman–Crippen LogP) is 1.65. The van der Waals surface area contributed by atoms with Gasteiger partial charge in [-0.1, -0.05) is 30.3 Å². The van der Waals surface area contributed by atoms with Crippen LogP contribution in [0.3, 0.4) is 0 Å². The molecule has 0 saturated carbocycles. The molecule has 1 aromatic rings. The molecule has 0 radical (unpaired) electrons. The van der Waals surface area contributed by atoms with Crippen molar-refractivity contribution >= 4 is 23.5 Å². The molecule has 0 bridgehead atoms. The number of amides is 1. The Labute approximate surface area is 105 Å². The van der Waals surface area contributed by atoms with E-state index in [1.54, 1.807) is 31.2 Å². The minimum absolute atomic E-state index is 0.192. The van der Waals surface area contributed by atoms with Crippen molar-refractivity contribution in [1.82, 2.24) is 5.32 Å². The third-order valence-corrected chi connectivity index (χ3v) is 2.32. The summed E-state index contributed by atoms with van der Waals surface area (Å²) in [4.78, 5) is 23.0. The number of ether oxygens (including phenoxy) is 1. The average molecular weight is 256 g/mol. The van der Waals surface area contributed by atoms with Gasteiger partial charge in [0.2, 0.25) is 5.91 Å². The number of carbonyl (C=O) groups is 2. The molecule has 0 aliphatic rings. The van der Waals surface area contributed by atoms with Crippen molar-refractivity contribution in [2.75, 3.05) is 12.5 Å². The Morgan fingerprint density at radius 1 is 1.35 bits per heavy atom. The molecule has 0 fully saturated rings. The van der Waals surface area contributed by atoms with Crippen molar-refractivity contribution in [3.63, 3.8) is 0 Å². The Balaban J connectivity index is 2.86. The molecule has 92 valence electrons. The number of hydrogen-bond donors (Lipinski definition) is 1. The first-order valence-corrected chi connectivity index (χ1v) is 5.79. The third kappa shape index (κ3) is 4.07. The van der Waals surface area contributed by atoms with Gasteiger partial charge in [-0.2, -0.15) is 0 Å². The number of carbonyl (C=O) groups excluding carboxylic acids is 2. The van der Waals surface area contributed by atoms with Gasteiger partial charge in [-0.25, -0.2) is 4.79 Å². The molecule has 1 N–H and O–H groups in total. The second kappa shape index (κ2) is 6.91. The van der Waals surface area contributed by atoms with Gasteiger partial charge in [-0.05, 0) is 12.5 Å². The third-order valence-electron chi connectivity index (χ3n) is 2.08. The van der Waals surface area contributed by atoms with Crippen LogP contribution in [0.1, 0.15) is 18.5 Å². The van der Waals surface area contributed by atoms with Crippen LogP contribution in [0.25, 0.3) is 0 Å². The molecule has 0 saturated heterocycles. The maximum absolute atomic E-state index is 11.7. The number of nitrogens with one attached hydrogen (secondary N) is 1. The van der Waals surface area contributed by atoms with Gasteiger partial charge in [-0.15, -0.1) is 11.6 Å². The molecule has 1 atom stereocenters. The number of benzene rings is 1. The highest BCUT2D eigenvalue weighted by atomic mass is 35.5. The van der Waals surface area contributed by atoms with Crippen LogP contribution in [0, 0.1) is 0 Å². The highest BCUT2D eigenvalue weighted by Gasteiger charge is 2.23. The minimum atomic E-state index is -0.803. The average Bonchev–Trinajstić information content (AvgIpc) is 2.36. The minimum Gasteiger partial charge on any atom is -0.464 e. The molecule has 1 rings (SSSR count). The van der Waals surface area contributed by atoms with Crippen LogP contribution < -0.4 is 5.32 Å². The quantitative estimate of drug-likeness (QED) is 0.643. The van der Waals surface area contributed by atoms with Gasteiger partial charge in [0.25, 0.3) is 0 Å². The normalized spacial score (nSPS) is 11.6. The summed E-state index contributed by atoms with van der Waals surface area (Å²) < 4.78 is 4.91. The zero-order chi connectivity index (χ0) is 12.7. The van der Waals surface area contributed by atoms with E-state index in [0.29, 0.717) is 5.56 Å². The SMILES string of the molecule is CCOC(=O)C(NC(=O)CCl)c1ccccc1. The predicted molar refractivity (Wildman–Crippen MR) is 64.7 cm³/mol. The Bertz CT molecular complexity index is 381. The molecule has 1 amide bonds. The number of halogens is 1. The summed E-state index contributed by atoms with van der Waals surface area (Å²) in [7, 11) is 0. The zero-order valence-corrected chi connectivity index (χ0v) is 10.2. The second-order valence-electron chi connectivity index (χ2n) is 3.30. The molecule has 0 aliphatic heterocycles. The topological polar surface area (TPSA) is 55.4 Å². The second-order valence-corrected chi connectivity index (χ2v) is 3.56. The van der Waals surface area contributed by atoms with E-state index in [0.717, 1.165) is 0 Å². The standard InChI is InChI=1S/C12H14ClNO3/c1-2-17-12(16)11(14-10(15)8-13)9-6-4-3-5-7-9/h3-7,11H,2,8H2,1H3,(H,14,15). The molecule has 0 heterocycles. The van der Waals surface area contributed by atoms with Crippen LogP contribution >= 0.6 is 11.6 Å². The highest BCUT2D eigenvalue weighted by Crippen LogP contribution is 2.14. The van der Waals surface area contributed by atoms with E-state index in [2.05, 4.69) is 5.32 Å². The van der Waals surface area contributed by atoms with E-state index in [1.807, 2.05) is 6.07 Å². The van der Waals surface area contributed by atoms with Gasteiger partial charge < -0.3 is 10.1 Å². The van der Waals surface area contributed by atoms with E-state index in [1.165, 1.54) is 0 Å². The van der Waals surface area contributed by atoms with Crippen LogP contribution in [-0.2, 0) is 14.3 Å². The monoisotopic (exact) mass is 255 g/mol. The lowest BCUT2D eigenvalue weighted by atomic mass is 10.1. The van der Waals surface area contributed by atoms with E-state index >= 15 is 0 Å². The molecular weight excluding hydrogens is 242 g/mol. The summed E-state index contributed by atoms with van der Waals surface area (Å²) in [6.45, 7) is 1.97. The van der Waals surface area contributed by atoms with Crippen LogP contribution in [-0.4, -0.2) is 24.4 Å². The van der Waals surface area contributed by atoms with Crippen molar-refractivity contribution in [2.45, 2.75) is 13.0 Å². The molecule has 17 heavy (non-hydrogen) atoms. The molecule has 1 unspecified atom stereocenters. The zero-order valence-electron chi connectivity index (χ0n) is 9.48. The van der Waals surface area contributed by atoms with Gasteiger partial charge >= 0.3 is 5.97 Å². The number of esters is 1. The van der Waals surface area contributed by atoms with Crippen molar-refractivity contribution < 1.29 is 14.3 Å². The molecule has 4 nitrogen and oxygen atoms in total. The summed E-state index contributed by atoms with van der Waals surface area (Å²) in [5, 5.41) is 2.52. The van der Waals surface area contributed by atoms with Gasteiger partial charge in [0, 0.05) is 0 Å². The largest absolute Gasteiger partial charge is 0.464 e. The van der Waals surface area contributed by atoms with Gasteiger partial charge in [0.15, 0.2) is 6.04 Å². The smallest absolute Gasteiger partial charge is 0.333 e. The first-order chi connectivity index (χ1) is 8.19. The first-order valence-electron chi connectivity index (χ1n) is 5.26. The van der Waals surface area contributed by atoms with Crippen LogP contribution in [0.4, 0.5) is 0 Å². The fourth-order valence-electron chi connectivity index (χ4n) is 1.35. The lowest BCUT2D eigenvalue weighted by Crippen LogP contribution is -2.35. The summed E-state index contributed by atoms with van der Waals surface area (Å²) in [5.74, 6) is -1.09. The lowest BCUT2D eigenvalue weighted by molar-refractivity contribution is -0.147. The Hall–Kier alpha value is -1.55. The van der Waals surface area contributed by atoms with E-state index in [4.69, 9.17) is 16.3 Å². The Morgan fingerprint density at radius 3 is 2.53 bits per heavy atom. The van der Waals surface area contributed by atoms with Gasteiger partial charge in [0.05, 0.1) is 6.61 Å². The summed E-state index contributed by atoms with van der Waals surface area (Å²) in [6.07, 6.45) is 0. The van der Waals surface area contributed by atoms with Gasteiger partial charge in [-0.3, -0.25) is 4.79 Å². The lowest BCUT2D eigenvalue weighted by Gasteiger charge is -2.16. The first kappa shape index (κ1) is 13.5. The van der Waals surface area contributed by atoms with Crippen molar-refractivity contribution in [3.8, 4) is 0 Å². The Kier molecular flexibility index (Phi) is 5.49. The number of hydrogen-bond acceptors (Lipinski definition) is 3. The molecule has 0 aromatic heterocycles.